The fourth-order valence-corrected chi connectivity index (χ4v) is 4.75. The topological polar surface area (TPSA) is 68.0 Å². The molecule has 3 aromatic carbocycles. The maximum atomic E-state index is 10.9. The summed E-state index contributed by atoms with van der Waals surface area (Å²) in [6, 6.07) is 16.0. The zero-order valence-electron chi connectivity index (χ0n) is 20.6. The fourth-order valence-electron chi connectivity index (χ4n) is 4.75. The summed E-state index contributed by atoms with van der Waals surface area (Å²) in [7, 11) is 3.73. The molecular weight excluding hydrogens is 424 g/mol. The van der Waals surface area contributed by atoms with Crippen LogP contribution < -0.4 is 15.2 Å². The van der Waals surface area contributed by atoms with Gasteiger partial charge in [0, 0.05) is 18.5 Å². The van der Waals surface area contributed by atoms with Crippen molar-refractivity contribution < 1.29 is 14.6 Å². The molecule has 0 heterocycles. The highest BCUT2D eigenvalue weighted by Gasteiger charge is 2.22. The fraction of sp³-hybridized carbons (Fsp3) is 0.379. The van der Waals surface area contributed by atoms with E-state index in [1.807, 2.05) is 30.3 Å². The number of phenols is 1. The summed E-state index contributed by atoms with van der Waals surface area (Å²) < 4.78 is 11.4. The normalized spacial score (nSPS) is 13.1. The predicted molar refractivity (Wildman–Crippen MR) is 139 cm³/mol. The molecule has 4 rings (SSSR count). The summed E-state index contributed by atoms with van der Waals surface area (Å²) in [5, 5.41) is 10.9. The Hall–Kier alpha value is -3.18. The minimum absolute atomic E-state index is 0.312. The standard InChI is InChI=1S/C29H36N2O3/c1-4-31(2)17-18-34-22-12-9-20(10-13-22)19-25-24(14-16-27(33-3)29(25)30)28-23-8-6-5-7-21(23)11-15-26(28)32/h9-16,32H,4-8,17-19,30H2,1-3H3. The van der Waals surface area contributed by atoms with E-state index in [-0.39, 0.29) is 0 Å². The molecule has 0 saturated carbocycles. The average molecular weight is 461 g/mol. The lowest BCUT2D eigenvalue weighted by Gasteiger charge is -2.23. The number of hydrogen-bond donors (Lipinski definition) is 2. The molecule has 0 spiro atoms. The van der Waals surface area contributed by atoms with Gasteiger partial charge in [-0.2, -0.15) is 0 Å². The van der Waals surface area contributed by atoms with Crippen LogP contribution in [0, 0.1) is 0 Å². The predicted octanol–water partition coefficient (Wildman–Crippen LogP) is 5.45. The van der Waals surface area contributed by atoms with Gasteiger partial charge in [0.1, 0.15) is 23.9 Å². The zero-order valence-corrected chi connectivity index (χ0v) is 20.6. The van der Waals surface area contributed by atoms with Crippen molar-refractivity contribution in [2.75, 3.05) is 39.6 Å². The molecule has 3 aromatic rings. The van der Waals surface area contributed by atoms with Crippen molar-refractivity contribution in [1.82, 2.24) is 4.90 Å². The molecule has 0 aromatic heterocycles. The monoisotopic (exact) mass is 460 g/mol. The summed E-state index contributed by atoms with van der Waals surface area (Å²) >= 11 is 0. The first-order chi connectivity index (χ1) is 16.5. The number of methoxy groups -OCH3 is 1. The Bertz CT molecular complexity index is 1130. The summed E-state index contributed by atoms with van der Waals surface area (Å²) in [5.41, 5.74) is 13.8. The van der Waals surface area contributed by atoms with Gasteiger partial charge in [0.25, 0.3) is 0 Å². The number of ether oxygens (including phenoxy) is 2. The molecule has 0 atom stereocenters. The zero-order chi connectivity index (χ0) is 24.1. The Kier molecular flexibility index (Phi) is 7.63. The highest BCUT2D eigenvalue weighted by molar-refractivity contribution is 5.83. The maximum absolute atomic E-state index is 10.9. The van der Waals surface area contributed by atoms with E-state index < -0.39 is 0 Å². The number of nitrogen functional groups attached to an aromatic ring is 1. The minimum atomic E-state index is 0.312. The Morgan fingerprint density at radius 1 is 1.00 bits per heavy atom. The first kappa shape index (κ1) is 24.0. The van der Waals surface area contributed by atoms with Crippen molar-refractivity contribution >= 4 is 5.69 Å². The van der Waals surface area contributed by atoms with Crippen LogP contribution in [0.3, 0.4) is 0 Å². The number of benzene rings is 3. The van der Waals surface area contributed by atoms with Crippen LogP contribution in [0.2, 0.25) is 0 Å². The van der Waals surface area contributed by atoms with E-state index in [4.69, 9.17) is 15.2 Å². The van der Waals surface area contributed by atoms with Crippen LogP contribution in [0.25, 0.3) is 11.1 Å². The lowest BCUT2D eigenvalue weighted by molar-refractivity contribution is 0.244. The van der Waals surface area contributed by atoms with Crippen molar-refractivity contribution in [2.24, 2.45) is 0 Å². The van der Waals surface area contributed by atoms with E-state index >= 15 is 0 Å². The van der Waals surface area contributed by atoms with Gasteiger partial charge >= 0.3 is 0 Å². The van der Waals surface area contributed by atoms with Crippen LogP contribution >= 0.6 is 0 Å². The van der Waals surface area contributed by atoms with Crippen molar-refractivity contribution in [1.29, 1.82) is 0 Å². The third-order valence-electron chi connectivity index (χ3n) is 6.90. The molecule has 0 unspecified atom stereocenters. The van der Waals surface area contributed by atoms with E-state index in [0.29, 0.717) is 30.2 Å². The highest BCUT2D eigenvalue weighted by Crippen LogP contribution is 2.43. The van der Waals surface area contributed by atoms with E-state index in [1.54, 1.807) is 7.11 Å². The molecular formula is C29H36N2O3. The average Bonchev–Trinajstić information content (AvgIpc) is 2.86. The summed E-state index contributed by atoms with van der Waals surface area (Å²) in [4.78, 5) is 2.22. The number of nitrogens with zero attached hydrogens (tertiary/aromatic N) is 1. The van der Waals surface area contributed by atoms with Gasteiger partial charge in [0.2, 0.25) is 0 Å². The molecule has 0 radical (unpaired) electrons. The molecule has 0 bridgehead atoms. The third-order valence-corrected chi connectivity index (χ3v) is 6.90. The van der Waals surface area contributed by atoms with Gasteiger partial charge in [0.15, 0.2) is 0 Å². The van der Waals surface area contributed by atoms with Gasteiger partial charge in [-0.3, -0.25) is 0 Å². The SMILES string of the molecule is CCN(C)CCOc1ccc(Cc2c(-c3c(O)ccc4c3CCCC4)ccc(OC)c2N)cc1. The van der Waals surface area contributed by atoms with E-state index in [9.17, 15) is 5.11 Å². The molecule has 180 valence electrons. The quantitative estimate of drug-likeness (QED) is 0.416. The van der Waals surface area contributed by atoms with Gasteiger partial charge < -0.3 is 25.2 Å². The molecule has 1 aliphatic rings. The lowest BCUT2D eigenvalue weighted by Crippen LogP contribution is -2.23. The first-order valence-electron chi connectivity index (χ1n) is 12.2. The summed E-state index contributed by atoms with van der Waals surface area (Å²) in [5.74, 6) is 1.83. The Labute approximate surface area is 203 Å². The first-order valence-corrected chi connectivity index (χ1v) is 12.2. The number of aryl methyl sites for hydroxylation is 1. The van der Waals surface area contributed by atoms with Crippen molar-refractivity contribution in [3.63, 3.8) is 0 Å². The van der Waals surface area contributed by atoms with E-state index in [1.165, 1.54) is 17.5 Å². The highest BCUT2D eigenvalue weighted by atomic mass is 16.5. The number of fused-ring (bicyclic) bond motifs is 1. The Morgan fingerprint density at radius 2 is 1.76 bits per heavy atom. The van der Waals surface area contributed by atoms with Gasteiger partial charge in [-0.15, -0.1) is 0 Å². The van der Waals surface area contributed by atoms with Crippen LogP contribution in [0.5, 0.6) is 17.2 Å². The number of likely N-dealkylation sites (N-methyl/N-ethyl adjacent to an activating group) is 1. The molecule has 3 N–H and O–H groups in total. The summed E-state index contributed by atoms with van der Waals surface area (Å²) in [6.45, 7) is 4.70. The minimum Gasteiger partial charge on any atom is -0.507 e. The van der Waals surface area contributed by atoms with Crippen molar-refractivity contribution in [3.05, 3.63) is 70.8 Å². The molecule has 0 amide bonds. The number of rotatable bonds is 9. The number of aromatic hydroxyl groups is 1. The van der Waals surface area contributed by atoms with Crippen LogP contribution in [0.15, 0.2) is 48.5 Å². The number of phenolic OH excluding ortho intramolecular Hbond substituents is 1. The number of nitrogens with two attached hydrogens (primary N) is 1. The Balaban J connectivity index is 1.65. The second kappa shape index (κ2) is 10.8. The Morgan fingerprint density at radius 3 is 2.50 bits per heavy atom. The van der Waals surface area contributed by atoms with Gasteiger partial charge in [-0.1, -0.05) is 31.2 Å². The molecule has 34 heavy (non-hydrogen) atoms. The third kappa shape index (κ3) is 5.15. The number of hydrogen-bond acceptors (Lipinski definition) is 5. The molecule has 5 heteroatoms. The van der Waals surface area contributed by atoms with Crippen molar-refractivity contribution in [3.8, 4) is 28.4 Å². The largest absolute Gasteiger partial charge is 0.507 e. The molecule has 0 saturated heterocycles. The van der Waals surface area contributed by atoms with Gasteiger partial charge in [-0.25, -0.2) is 0 Å². The van der Waals surface area contributed by atoms with Gasteiger partial charge in [0.05, 0.1) is 12.8 Å². The molecule has 1 aliphatic carbocycles. The van der Waals surface area contributed by atoms with Crippen LogP contribution in [-0.2, 0) is 19.3 Å². The molecule has 5 nitrogen and oxygen atoms in total. The van der Waals surface area contributed by atoms with Crippen LogP contribution in [-0.4, -0.2) is 43.9 Å². The smallest absolute Gasteiger partial charge is 0.142 e. The lowest BCUT2D eigenvalue weighted by atomic mass is 9.83. The second-order valence-electron chi connectivity index (χ2n) is 9.08. The second-order valence-corrected chi connectivity index (χ2v) is 9.08. The maximum Gasteiger partial charge on any atom is 0.142 e. The number of anilines is 1. The molecule has 0 fully saturated rings. The van der Waals surface area contributed by atoms with Crippen molar-refractivity contribution in [2.45, 2.75) is 39.0 Å². The molecule has 0 aliphatic heterocycles. The van der Waals surface area contributed by atoms with E-state index in [0.717, 1.165) is 60.4 Å². The van der Waals surface area contributed by atoms with Gasteiger partial charge in [-0.05, 0) is 91.4 Å². The summed E-state index contributed by atoms with van der Waals surface area (Å²) in [6.07, 6.45) is 5.00. The van der Waals surface area contributed by atoms with Crippen LogP contribution in [0.4, 0.5) is 5.69 Å². The van der Waals surface area contributed by atoms with E-state index in [2.05, 4.69) is 37.1 Å². The van der Waals surface area contributed by atoms with Crippen LogP contribution in [0.1, 0.15) is 42.0 Å².